The van der Waals surface area contributed by atoms with E-state index in [0.717, 1.165) is 37.9 Å². The van der Waals surface area contributed by atoms with Crippen LogP contribution in [0, 0.1) is 22.7 Å². The zero-order valence-electron chi connectivity index (χ0n) is 13.6. The molecular weight excluding hydrogens is 250 g/mol. The third-order valence-corrected chi connectivity index (χ3v) is 5.66. The number of carboxylic acids is 1. The molecular formula is C17H31NO2. The molecule has 116 valence electrons. The predicted molar refractivity (Wildman–Crippen MR) is 81.7 cm³/mol. The van der Waals surface area contributed by atoms with Crippen molar-refractivity contribution in [2.24, 2.45) is 22.7 Å². The van der Waals surface area contributed by atoms with Gasteiger partial charge in [0.2, 0.25) is 0 Å². The van der Waals surface area contributed by atoms with E-state index in [1.165, 1.54) is 25.7 Å². The third-order valence-electron chi connectivity index (χ3n) is 5.66. The molecule has 1 saturated heterocycles. The first-order valence-corrected chi connectivity index (χ1v) is 8.16. The van der Waals surface area contributed by atoms with Crippen molar-refractivity contribution in [3.63, 3.8) is 0 Å². The molecule has 1 unspecified atom stereocenters. The Balaban J connectivity index is 1.78. The van der Waals surface area contributed by atoms with Gasteiger partial charge in [-0.15, -0.1) is 0 Å². The van der Waals surface area contributed by atoms with E-state index in [1.807, 2.05) is 6.92 Å². The van der Waals surface area contributed by atoms with Crippen LogP contribution in [0.2, 0.25) is 0 Å². The van der Waals surface area contributed by atoms with Crippen LogP contribution in [0.25, 0.3) is 0 Å². The standard InChI is InChI=1S/C17H31NO2/c1-16(2,3)14-7-5-13(6-8-14)11-18-10-9-17(4,12-18)15(19)20/h13-14H,5-12H2,1-4H3,(H,19,20). The Bertz CT molecular complexity index is 352. The van der Waals surface area contributed by atoms with Crippen LogP contribution >= 0.6 is 0 Å². The molecule has 1 aliphatic carbocycles. The molecule has 0 bridgehead atoms. The summed E-state index contributed by atoms with van der Waals surface area (Å²) in [6.45, 7) is 11.8. The molecule has 2 fully saturated rings. The normalized spacial score (nSPS) is 36.2. The maximum atomic E-state index is 11.3. The van der Waals surface area contributed by atoms with Crippen molar-refractivity contribution in [3.05, 3.63) is 0 Å². The van der Waals surface area contributed by atoms with Gasteiger partial charge in [0.15, 0.2) is 0 Å². The van der Waals surface area contributed by atoms with Gasteiger partial charge in [-0.05, 0) is 62.8 Å². The number of aliphatic carboxylic acids is 1. The van der Waals surface area contributed by atoms with E-state index < -0.39 is 11.4 Å². The summed E-state index contributed by atoms with van der Waals surface area (Å²) in [5, 5.41) is 9.29. The van der Waals surface area contributed by atoms with Gasteiger partial charge in [-0.3, -0.25) is 4.79 Å². The lowest BCUT2D eigenvalue weighted by atomic mass is 9.70. The SMILES string of the molecule is CC1(C(=O)O)CCN(CC2CCC(C(C)(C)C)CC2)C1. The number of hydrogen-bond acceptors (Lipinski definition) is 2. The highest BCUT2D eigenvalue weighted by molar-refractivity contribution is 5.74. The molecule has 2 aliphatic rings. The second-order valence-electron chi connectivity index (χ2n) is 8.43. The summed E-state index contributed by atoms with van der Waals surface area (Å²) in [5.41, 5.74) is -0.0664. The Morgan fingerprint density at radius 2 is 1.85 bits per heavy atom. The highest BCUT2D eigenvalue weighted by Crippen LogP contribution is 2.40. The van der Waals surface area contributed by atoms with Crippen molar-refractivity contribution < 1.29 is 9.90 Å². The monoisotopic (exact) mass is 281 g/mol. The molecule has 0 radical (unpaired) electrons. The van der Waals surface area contributed by atoms with Crippen LogP contribution in [0.5, 0.6) is 0 Å². The fraction of sp³-hybridized carbons (Fsp3) is 0.941. The van der Waals surface area contributed by atoms with Crippen LogP contribution in [0.15, 0.2) is 0 Å². The van der Waals surface area contributed by atoms with Crippen LogP contribution in [-0.2, 0) is 4.79 Å². The largest absolute Gasteiger partial charge is 0.481 e. The molecule has 20 heavy (non-hydrogen) atoms. The van der Waals surface area contributed by atoms with E-state index in [4.69, 9.17) is 0 Å². The molecule has 0 aromatic carbocycles. The molecule has 1 N–H and O–H groups in total. The first-order valence-electron chi connectivity index (χ1n) is 8.16. The molecule has 2 rings (SSSR count). The van der Waals surface area contributed by atoms with Crippen LogP contribution in [0.4, 0.5) is 0 Å². The quantitative estimate of drug-likeness (QED) is 0.858. The zero-order valence-corrected chi connectivity index (χ0v) is 13.6. The smallest absolute Gasteiger partial charge is 0.310 e. The minimum atomic E-state index is -0.628. The van der Waals surface area contributed by atoms with E-state index >= 15 is 0 Å². The number of hydrogen-bond donors (Lipinski definition) is 1. The lowest BCUT2D eigenvalue weighted by Crippen LogP contribution is -2.35. The van der Waals surface area contributed by atoms with Crippen LogP contribution in [0.1, 0.15) is 59.8 Å². The van der Waals surface area contributed by atoms with Gasteiger partial charge in [-0.1, -0.05) is 20.8 Å². The predicted octanol–water partition coefficient (Wildman–Crippen LogP) is 3.64. The molecule has 0 spiro atoms. The van der Waals surface area contributed by atoms with E-state index in [0.29, 0.717) is 5.41 Å². The summed E-state index contributed by atoms with van der Waals surface area (Å²) in [4.78, 5) is 13.7. The van der Waals surface area contributed by atoms with Gasteiger partial charge in [0.05, 0.1) is 5.41 Å². The lowest BCUT2D eigenvalue weighted by molar-refractivity contribution is -0.147. The molecule has 1 atom stereocenters. The van der Waals surface area contributed by atoms with Gasteiger partial charge in [0.1, 0.15) is 0 Å². The third kappa shape index (κ3) is 3.55. The number of carbonyl (C=O) groups is 1. The highest BCUT2D eigenvalue weighted by Gasteiger charge is 2.41. The Morgan fingerprint density at radius 1 is 1.25 bits per heavy atom. The van der Waals surface area contributed by atoms with E-state index in [-0.39, 0.29) is 0 Å². The van der Waals surface area contributed by atoms with Crippen LogP contribution in [-0.4, -0.2) is 35.6 Å². The number of likely N-dealkylation sites (tertiary alicyclic amines) is 1. The Morgan fingerprint density at radius 3 is 2.30 bits per heavy atom. The minimum Gasteiger partial charge on any atom is -0.481 e. The van der Waals surface area contributed by atoms with Gasteiger partial charge in [-0.2, -0.15) is 0 Å². The van der Waals surface area contributed by atoms with Crippen molar-refractivity contribution >= 4 is 5.97 Å². The zero-order chi connectivity index (χ0) is 15.0. The summed E-state index contributed by atoms with van der Waals surface area (Å²) in [5.74, 6) is 1.02. The maximum absolute atomic E-state index is 11.3. The van der Waals surface area contributed by atoms with Crippen molar-refractivity contribution in [1.82, 2.24) is 4.90 Å². The Kier molecular flexibility index (Phi) is 4.48. The van der Waals surface area contributed by atoms with Gasteiger partial charge in [0, 0.05) is 13.1 Å². The minimum absolute atomic E-state index is 0.445. The van der Waals surface area contributed by atoms with Gasteiger partial charge in [0.25, 0.3) is 0 Å². The molecule has 0 amide bonds. The lowest BCUT2D eigenvalue weighted by Gasteiger charge is -2.38. The van der Waals surface area contributed by atoms with Gasteiger partial charge in [-0.25, -0.2) is 0 Å². The molecule has 1 heterocycles. The van der Waals surface area contributed by atoms with Crippen LogP contribution < -0.4 is 0 Å². The Hall–Kier alpha value is -0.570. The van der Waals surface area contributed by atoms with E-state index in [2.05, 4.69) is 25.7 Å². The fourth-order valence-electron chi connectivity index (χ4n) is 3.96. The summed E-state index contributed by atoms with van der Waals surface area (Å²) < 4.78 is 0. The number of nitrogens with zero attached hydrogens (tertiary/aromatic N) is 1. The topological polar surface area (TPSA) is 40.5 Å². The average Bonchev–Trinajstić information content (AvgIpc) is 2.72. The van der Waals surface area contributed by atoms with Crippen molar-refractivity contribution in [2.45, 2.75) is 59.8 Å². The van der Waals surface area contributed by atoms with Gasteiger partial charge >= 0.3 is 5.97 Å². The van der Waals surface area contributed by atoms with E-state index in [9.17, 15) is 9.90 Å². The first kappa shape index (κ1) is 15.8. The van der Waals surface area contributed by atoms with Crippen molar-refractivity contribution in [2.75, 3.05) is 19.6 Å². The number of carboxylic acid groups (broad SMARTS) is 1. The fourth-order valence-corrected chi connectivity index (χ4v) is 3.96. The van der Waals surface area contributed by atoms with Crippen molar-refractivity contribution in [1.29, 1.82) is 0 Å². The summed E-state index contributed by atoms with van der Waals surface area (Å²) >= 11 is 0. The maximum Gasteiger partial charge on any atom is 0.310 e. The molecule has 1 aliphatic heterocycles. The van der Waals surface area contributed by atoms with E-state index in [1.54, 1.807) is 0 Å². The second kappa shape index (κ2) is 5.67. The number of rotatable bonds is 3. The van der Waals surface area contributed by atoms with Crippen molar-refractivity contribution in [3.8, 4) is 0 Å². The molecule has 3 nitrogen and oxygen atoms in total. The average molecular weight is 281 g/mol. The van der Waals surface area contributed by atoms with Gasteiger partial charge < -0.3 is 10.0 Å². The molecule has 1 saturated carbocycles. The molecule has 3 heteroatoms. The van der Waals surface area contributed by atoms with Crippen LogP contribution in [0.3, 0.4) is 0 Å². The first-order chi connectivity index (χ1) is 9.21. The highest BCUT2D eigenvalue weighted by atomic mass is 16.4. The molecule has 0 aromatic rings. The summed E-state index contributed by atoms with van der Waals surface area (Å²) in [7, 11) is 0. The Labute approximate surface area is 123 Å². The summed E-state index contributed by atoms with van der Waals surface area (Å²) in [6, 6.07) is 0. The molecule has 0 aromatic heterocycles. The summed E-state index contributed by atoms with van der Waals surface area (Å²) in [6.07, 6.45) is 6.14. The second-order valence-corrected chi connectivity index (χ2v) is 8.43.